The van der Waals surface area contributed by atoms with E-state index >= 15 is 0 Å². The van der Waals surface area contributed by atoms with Crippen LogP contribution in [-0.2, 0) is 4.79 Å². The lowest BCUT2D eigenvalue weighted by atomic mass is 9.76. The second kappa shape index (κ2) is 4.80. The SMILES string of the molecule is N#CC1(C2SCCCS2)CCCC(=O)C1. The zero-order valence-corrected chi connectivity index (χ0v) is 10.3. The summed E-state index contributed by atoms with van der Waals surface area (Å²) in [4.78, 5) is 11.5. The van der Waals surface area contributed by atoms with Gasteiger partial charge in [-0.1, -0.05) is 0 Å². The molecule has 0 amide bonds. The van der Waals surface area contributed by atoms with Crippen molar-refractivity contribution in [1.82, 2.24) is 0 Å². The number of carbonyl (C=O) groups is 1. The first-order valence-corrected chi connectivity index (χ1v) is 7.53. The van der Waals surface area contributed by atoms with Gasteiger partial charge in [-0.2, -0.15) is 5.26 Å². The second-order valence-corrected chi connectivity index (χ2v) is 6.99. The highest BCUT2D eigenvalue weighted by Crippen LogP contribution is 2.49. The zero-order chi connectivity index (χ0) is 10.7. The van der Waals surface area contributed by atoms with Crippen LogP contribution >= 0.6 is 23.5 Å². The monoisotopic (exact) mass is 241 g/mol. The van der Waals surface area contributed by atoms with Crippen LogP contribution in [0.4, 0.5) is 0 Å². The van der Waals surface area contributed by atoms with Crippen LogP contribution in [0, 0.1) is 16.7 Å². The van der Waals surface area contributed by atoms with Crippen molar-refractivity contribution in [3.05, 3.63) is 0 Å². The van der Waals surface area contributed by atoms with Crippen LogP contribution in [-0.4, -0.2) is 21.9 Å². The van der Waals surface area contributed by atoms with E-state index in [1.165, 1.54) is 6.42 Å². The molecule has 0 bridgehead atoms. The highest BCUT2D eigenvalue weighted by Gasteiger charge is 2.44. The molecule has 2 aliphatic rings. The first-order chi connectivity index (χ1) is 7.27. The Hall–Kier alpha value is -0.140. The Morgan fingerprint density at radius 1 is 1.33 bits per heavy atom. The number of carbonyl (C=O) groups excluding carboxylic acids is 1. The summed E-state index contributed by atoms with van der Waals surface area (Å²) < 4.78 is 0.334. The zero-order valence-electron chi connectivity index (χ0n) is 8.70. The van der Waals surface area contributed by atoms with E-state index < -0.39 is 0 Å². The quantitative estimate of drug-likeness (QED) is 0.708. The van der Waals surface area contributed by atoms with Gasteiger partial charge in [-0.15, -0.1) is 23.5 Å². The Morgan fingerprint density at radius 2 is 2.07 bits per heavy atom. The molecule has 1 aliphatic carbocycles. The van der Waals surface area contributed by atoms with Crippen LogP contribution in [0.15, 0.2) is 0 Å². The molecule has 1 heterocycles. The summed E-state index contributed by atoms with van der Waals surface area (Å²) in [6, 6.07) is 2.46. The van der Waals surface area contributed by atoms with Gasteiger partial charge in [-0.25, -0.2) is 0 Å². The van der Waals surface area contributed by atoms with Crippen LogP contribution in [0.5, 0.6) is 0 Å². The summed E-state index contributed by atoms with van der Waals surface area (Å²) in [6.07, 6.45) is 4.24. The van der Waals surface area contributed by atoms with E-state index in [0.29, 0.717) is 17.4 Å². The number of Topliss-reactive ketones (excluding diaryl/α,β-unsaturated/α-hetero) is 1. The maximum atomic E-state index is 11.5. The molecule has 1 unspecified atom stereocenters. The van der Waals surface area contributed by atoms with Gasteiger partial charge in [0, 0.05) is 12.8 Å². The van der Waals surface area contributed by atoms with Gasteiger partial charge in [0.25, 0.3) is 0 Å². The first-order valence-electron chi connectivity index (χ1n) is 5.43. The van der Waals surface area contributed by atoms with Crippen molar-refractivity contribution in [2.24, 2.45) is 5.41 Å². The fourth-order valence-electron chi connectivity index (χ4n) is 2.29. The molecule has 1 saturated carbocycles. The lowest BCUT2D eigenvalue weighted by Gasteiger charge is -2.38. The molecule has 1 aliphatic heterocycles. The lowest BCUT2D eigenvalue weighted by Crippen LogP contribution is -2.36. The molecule has 4 heteroatoms. The molecular weight excluding hydrogens is 226 g/mol. The smallest absolute Gasteiger partial charge is 0.134 e. The minimum Gasteiger partial charge on any atom is -0.300 e. The maximum absolute atomic E-state index is 11.5. The molecule has 0 aromatic rings. The van der Waals surface area contributed by atoms with Crippen LogP contribution in [0.2, 0.25) is 0 Å². The molecular formula is C11H15NOS2. The molecule has 0 aromatic carbocycles. The number of thioether (sulfide) groups is 2. The van der Waals surface area contributed by atoms with E-state index in [0.717, 1.165) is 24.3 Å². The largest absolute Gasteiger partial charge is 0.300 e. The van der Waals surface area contributed by atoms with Crippen molar-refractivity contribution in [2.75, 3.05) is 11.5 Å². The average molecular weight is 241 g/mol. The van der Waals surface area contributed by atoms with Crippen molar-refractivity contribution >= 4 is 29.3 Å². The van der Waals surface area contributed by atoms with E-state index in [1.807, 2.05) is 23.5 Å². The number of nitriles is 1. The summed E-state index contributed by atoms with van der Waals surface area (Å²) in [7, 11) is 0. The topological polar surface area (TPSA) is 40.9 Å². The van der Waals surface area contributed by atoms with E-state index in [-0.39, 0.29) is 11.2 Å². The van der Waals surface area contributed by atoms with Crippen molar-refractivity contribution in [1.29, 1.82) is 5.26 Å². The van der Waals surface area contributed by atoms with Gasteiger partial charge >= 0.3 is 0 Å². The summed E-state index contributed by atoms with van der Waals surface area (Å²) in [6.45, 7) is 0. The molecule has 15 heavy (non-hydrogen) atoms. The fourth-order valence-corrected chi connectivity index (χ4v) is 5.63. The summed E-state index contributed by atoms with van der Waals surface area (Å²) in [5.74, 6) is 2.58. The summed E-state index contributed by atoms with van der Waals surface area (Å²) in [5, 5.41) is 9.38. The third-order valence-corrected chi connectivity index (χ3v) is 6.47. The van der Waals surface area contributed by atoms with E-state index in [9.17, 15) is 10.1 Å². The maximum Gasteiger partial charge on any atom is 0.134 e. The Kier molecular flexibility index (Phi) is 3.63. The lowest BCUT2D eigenvalue weighted by molar-refractivity contribution is -0.122. The molecule has 1 atom stereocenters. The molecule has 2 nitrogen and oxygen atoms in total. The molecule has 0 radical (unpaired) electrons. The molecule has 0 aromatic heterocycles. The number of hydrogen-bond donors (Lipinski definition) is 0. The minimum absolute atomic E-state index is 0.287. The Bertz CT molecular complexity index is 293. The second-order valence-electron chi connectivity index (χ2n) is 4.26. The van der Waals surface area contributed by atoms with Crippen LogP contribution in [0.25, 0.3) is 0 Å². The number of hydrogen-bond acceptors (Lipinski definition) is 4. The third kappa shape index (κ3) is 2.34. The minimum atomic E-state index is -0.356. The third-order valence-electron chi connectivity index (χ3n) is 3.09. The van der Waals surface area contributed by atoms with Crippen LogP contribution in [0.3, 0.4) is 0 Å². The van der Waals surface area contributed by atoms with Gasteiger partial charge in [0.2, 0.25) is 0 Å². The van der Waals surface area contributed by atoms with E-state index in [4.69, 9.17) is 0 Å². The molecule has 1 saturated heterocycles. The highest BCUT2D eigenvalue weighted by molar-refractivity contribution is 8.17. The van der Waals surface area contributed by atoms with Gasteiger partial charge in [0.1, 0.15) is 5.78 Å². The van der Waals surface area contributed by atoms with Gasteiger partial charge in [-0.05, 0) is 30.8 Å². The predicted octanol–water partition coefficient (Wildman–Crippen LogP) is 2.84. The van der Waals surface area contributed by atoms with Crippen molar-refractivity contribution in [2.45, 2.75) is 36.7 Å². The Morgan fingerprint density at radius 3 is 2.67 bits per heavy atom. The molecule has 0 spiro atoms. The number of ketones is 1. The average Bonchev–Trinajstić information content (AvgIpc) is 2.30. The van der Waals surface area contributed by atoms with Crippen molar-refractivity contribution in [3.63, 3.8) is 0 Å². The van der Waals surface area contributed by atoms with Gasteiger partial charge in [-0.3, -0.25) is 4.79 Å². The normalized spacial score (nSPS) is 33.7. The molecule has 0 N–H and O–H groups in total. The number of rotatable bonds is 1. The standard InChI is InChI=1S/C11H15NOS2/c12-8-11(4-1-3-9(13)7-11)10-14-5-2-6-15-10/h10H,1-7H2. The highest BCUT2D eigenvalue weighted by atomic mass is 32.2. The fraction of sp³-hybridized carbons (Fsp3) is 0.818. The Balaban J connectivity index is 2.12. The van der Waals surface area contributed by atoms with E-state index in [1.54, 1.807) is 0 Å². The van der Waals surface area contributed by atoms with Crippen molar-refractivity contribution in [3.8, 4) is 6.07 Å². The van der Waals surface area contributed by atoms with Gasteiger partial charge < -0.3 is 0 Å². The summed E-state index contributed by atoms with van der Waals surface area (Å²) >= 11 is 3.77. The molecule has 2 rings (SSSR count). The van der Waals surface area contributed by atoms with E-state index in [2.05, 4.69) is 6.07 Å². The van der Waals surface area contributed by atoms with Gasteiger partial charge in [0.15, 0.2) is 0 Å². The van der Waals surface area contributed by atoms with Gasteiger partial charge in [0.05, 0.1) is 16.1 Å². The molecule has 2 fully saturated rings. The Labute approximate surface area is 99.2 Å². The predicted molar refractivity (Wildman–Crippen MR) is 64.8 cm³/mol. The van der Waals surface area contributed by atoms with Crippen LogP contribution in [0.1, 0.15) is 32.1 Å². The summed E-state index contributed by atoms with van der Waals surface area (Å²) in [5.41, 5.74) is -0.356. The van der Waals surface area contributed by atoms with Crippen molar-refractivity contribution < 1.29 is 4.79 Å². The van der Waals surface area contributed by atoms with Crippen LogP contribution < -0.4 is 0 Å². The number of nitrogens with zero attached hydrogens (tertiary/aromatic N) is 1. The first kappa shape index (κ1) is 11.3. The molecule has 82 valence electrons.